The van der Waals surface area contributed by atoms with Crippen molar-refractivity contribution in [1.82, 2.24) is 24.5 Å². The molecule has 17 heteroatoms. The van der Waals surface area contributed by atoms with Gasteiger partial charge < -0.3 is 14.6 Å². The lowest BCUT2D eigenvalue weighted by Gasteiger charge is -2.28. The first-order chi connectivity index (χ1) is 21.0. The van der Waals surface area contributed by atoms with Gasteiger partial charge in [0.1, 0.15) is 22.9 Å². The number of aliphatic hydroxyl groups is 1. The van der Waals surface area contributed by atoms with Gasteiger partial charge in [-0.15, -0.1) is 10.2 Å². The molecule has 2 aromatic heterocycles. The van der Waals surface area contributed by atoms with Crippen LogP contribution in [0.5, 0.6) is 11.5 Å². The Morgan fingerprint density at radius 2 is 1.67 bits per heavy atom. The molecule has 0 saturated heterocycles. The second-order valence-electron chi connectivity index (χ2n) is 11.7. The Labute approximate surface area is 269 Å². The molecule has 45 heavy (non-hydrogen) atoms. The molecule has 0 amide bonds. The molecule has 0 spiro atoms. The fourth-order valence-electron chi connectivity index (χ4n) is 4.68. The second kappa shape index (κ2) is 13.1. The number of para-hydroxylation sites is 1. The lowest BCUT2D eigenvalue weighted by atomic mass is 10.1. The van der Waals surface area contributed by atoms with Crippen LogP contribution in [0.3, 0.4) is 0 Å². The van der Waals surface area contributed by atoms with E-state index in [1.807, 2.05) is 0 Å². The Bertz CT molecular complexity index is 1880. The number of methoxy groups -OCH3 is 2. The number of ether oxygens (including phenoxy) is 2. The number of benzene rings is 2. The molecule has 0 radical (unpaired) electrons. The van der Waals surface area contributed by atoms with E-state index in [1.54, 1.807) is 42.2 Å². The predicted molar refractivity (Wildman–Crippen MR) is 175 cm³/mol. The summed E-state index contributed by atoms with van der Waals surface area (Å²) in [4.78, 5) is -0.259. The van der Waals surface area contributed by atoms with Crippen LogP contribution in [0.1, 0.15) is 11.7 Å². The third-order valence-electron chi connectivity index (χ3n) is 6.94. The normalized spacial score (nSPS) is 13.1. The van der Waals surface area contributed by atoms with Gasteiger partial charge in [0, 0.05) is 44.7 Å². The predicted octanol–water partition coefficient (Wildman–Crippen LogP) is 3.95. The van der Waals surface area contributed by atoms with E-state index in [2.05, 4.69) is 34.9 Å². The van der Waals surface area contributed by atoms with Gasteiger partial charge in [0.25, 0.3) is 0 Å². The van der Waals surface area contributed by atoms with Crippen LogP contribution in [0.2, 0.25) is 30.7 Å². The van der Waals surface area contributed by atoms with Gasteiger partial charge in [-0.3, -0.25) is 9.25 Å². The van der Waals surface area contributed by atoms with Crippen LogP contribution in [-0.4, -0.2) is 87.3 Å². The number of hydrogen-bond donors (Lipinski definition) is 1. The quantitative estimate of drug-likeness (QED) is 0.203. The molecule has 2 heterocycles. The standard InChI is InChI=1S/C28H37ClN6O7S2Si/c1-33-14-13-21(32-33)27-30-31-28(35(27)26-23(41-2)9-8-10-24(26)42-3)34(15-16-45(5,6)7)44(39,40)18-22(36)20-12-11-19(29)17-25(20)43(4,37)38/h8-14,17,22,36H,15-16,18H2,1-7H3. The molecular weight excluding hydrogens is 660 g/mol. The summed E-state index contributed by atoms with van der Waals surface area (Å²) in [6, 6.07) is 11.3. The topological polar surface area (TPSA) is 159 Å². The smallest absolute Gasteiger partial charge is 0.246 e. The number of aliphatic hydroxyl groups excluding tert-OH is 1. The zero-order valence-corrected chi connectivity index (χ0v) is 29.5. The van der Waals surface area contributed by atoms with E-state index in [0.29, 0.717) is 28.9 Å². The Balaban J connectivity index is 1.95. The van der Waals surface area contributed by atoms with E-state index in [1.165, 1.54) is 37.0 Å². The highest BCUT2D eigenvalue weighted by Gasteiger charge is 2.35. The summed E-state index contributed by atoms with van der Waals surface area (Å²) in [5.74, 6) is 0.00308. The average Bonchev–Trinajstić information content (AvgIpc) is 3.57. The Hall–Kier alpha value is -3.44. The molecule has 13 nitrogen and oxygen atoms in total. The molecular formula is C28H37ClN6O7S2Si. The molecule has 1 atom stereocenters. The van der Waals surface area contributed by atoms with Gasteiger partial charge in [-0.25, -0.2) is 21.1 Å². The maximum absolute atomic E-state index is 14.3. The molecule has 0 aliphatic rings. The van der Waals surface area contributed by atoms with Crippen molar-refractivity contribution in [2.24, 2.45) is 7.05 Å². The third kappa shape index (κ3) is 7.69. The Morgan fingerprint density at radius 1 is 1.02 bits per heavy atom. The van der Waals surface area contributed by atoms with E-state index in [0.717, 1.165) is 10.6 Å². The van der Waals surface area contributed by atoms with Gasteiger partial charge >= 0.3 is 0 Å². The van der Waals surface area contributed by atoms with Crippen molar-refractivity contribution in [2.75, 3.05) is 37.1 Å². The summed E-state index contributed by atoms with van der Waals surface area (Å²) in [6.07, 6.45) is 0.972. The summed E-state index contributed by atoms with van der Waals surface area (Å²) in [7, 11) is -5.41. The minimum Gasteiger partial charge on any atom is -0.494 e. The molecule has 0 aliphatic heterocycles. The van der Waals surface area contributed by atoms with E-state index in [9.17, 15) is 21.9 Å². The second-order valence-corrected chi connectivity index (χ2v) is 21.7. The Kier molecular flexibility index (Phi) is 10.0. The zero-order valence-electron chi connectivity index (χ0n) is 26.1. The lowest BCUT2D eigenvalue weighted by Crippen LogP contribution is -2.40. The van der Waals surface area contributed by atoms with Crippen LogP contribution in [0.4, 0.5) is 5.95 Å². The van der Waals surface area contributed by atoms with Crippen molar-refractivity contribution in [3.63, 3.8) is 0 Å². The summed E-state index contributed by atoms with van der Waals surface area (Å²) >= 11 is 6.04. The maximum atomic E-state index is 14.3. The molecule has 0 aliphatic carbocycles. The summed E-state index contributed by atoms with van der Waals surface area (Å²) < 4.78 is 69.3. The highest BCUT2D eigenvalue weighted by Crippen LogP contribution is 2.39. The van der Waals surface area contributed by atoms with Crippen LogP contribution in [0, 0.1) is 0 Å². The highest BCUT2D eigenvalue weighted by molar-refractivity contribution is 7.92. The molecule has 0 bridgehead atoms. The molecule has 1 unspecified atom stereocenters. The Morgan fingerprint density at radius 3 is 2.20 bits per heavy atom. The fourth-order valence-corrected chi connectivity index (χ4v) is 8.44. The van der Waals surface area contributed by atoms with Crippen molar-refractivity contribution >= 4 is 45.5 Å². The van der Waals surface area contributed by atoms with Crippen molar-refractivity contribution < 1.29 is 31.4 Å². The molecule has 0 saturated carbocycles. The van der Waals surface area contributed by atoms with E-state index >= 15 is 0 Å². The van der Waals surface area contributed by atoms with Crippen molar-refractivity contribution in [3.8, 4) is 28.7 Å². The summed E-state index contributed by atoms with van der Waals surface area (Å²) in [6.45, 7) is 6.33. The zero-order chi connectivity index (χ0) is 33.3. The van der Waals surface area contributed by atoms with Gasteiger partial charge in [-0.05, 0) is 36.4 Å². The van der Waals surface area contributed by atoms with Crippen LogP contribution in [0.15, 0.2) is 53.6 Å². The number of anilines is 1. The first kappa shape index (κ1) is 34.4. The molecule has 1 N–H and O–H groups in total. The third-order valence-corrected chi connectivity index (χ3v) is 11.8. The highest BCUT2D eigenvalue weighted by atomic mass is 35.5. The number of sulfone groups is 1. The summed E-state index contributed by atoms with van der Waals surface area (Å²) in [5.41, 5.74) is 0.664. The number of aromatic nitrogens is 5. The summed E-state index contributed by atoms with van der Waals surface area (Å²) in [5, 5.41) is 24.6. The van der Waals surface area contributed by atoms with Crippen molar-refractivity contribution in [2.45, 2.75) is 36.7 Å². The number of hydrogen-bond acceptors (Lipinski definition) is 10. The van der Waals surface area contributed by atoms with E-state index < -0.39 is 39.8 Å². The largest absolute Gasteiger partial charge is 0.494 e. The lowest BCUT2D eigenvalue weighted by molar-refractivity contribution is 0.198. The monoisotopic (exact) mass is 696 g/mol. The first-order valence-electron chi connectivity index (χ1n) is 13.8. The minimum atomic E-state index is -4.40. The van der Waals surface area contributed by atoms with Gasteiger partial charge in [-0.2, -0.15) is 5.10 Å². The number of rotatable bonds is 13. The fraction of sp³-hybridized carbons (Fsp3) is 0.393. The van der Waals surface area contributed by atoms with Crippen molar-refractivity contribution in [3.05, 3.63) is 59.2 Å². The van der Waals surface area contributed by atoms with Crippen LogP contribution in [-0.2, 0) is 26.9 Å². The molecule has 4 aromatic rings. The van der Waals surface area contributed by atoms with Gasteiger partial charge in [0.05, 0.1) is 31.0 Å². The SMILES string of the molecule is COc1cccc(OC)c1-n1c(-c2ccn(C)n2)nnc1N(CC[Si](C)(C)C)S(=O)(=O)CC(O)c1ccc(Cl)cc1S(C)(=O)=O. The van der Waals surface area contributed by atoms with E-state index in [-0.39, 0.29) is 33.8 Å². The molecule has 2 aromatic carbocycles. The maximum Gasteiger partial charge on any atom is 0.246 e. The van der Waals surface area contributed by atoms with Gasteiger partial charge in [0.15, 0.2) is 15.7 Å². The number of sulfonamides is 1. The van der Waals surface area contributed by atoms with Crippen LogP contribution >= 0.6 is 11.6 Å². The molecule has 244 valence electrons. The number of aryl methyl sites for hydroxylation is 1. The van der Waals surface area contributed by atoms with Crippen LogP contribution < -0.4 is 13.8 Å². The molecule has 0 fully saturated rings. The van der Waals surface area contributed by atoms with E-state index in [4.69, 9.17) is 21.1 Å². The minimum absolute atomic E-state index is 0.0160. The number of nitrogens with zero attached hydrogens (tertiary/aromatic N) is 6. The van der Waals surface area contributed by atoms with Gasteiger partial charge in [0.2, 0.25) is 16.0 Å². The molecule has 4 rings (SSSR count). The number of halogens is 1. The average molecular weight is 697 g/mol. The van der Waals surface area contributed by atoms with Crippen LogP contribution in [0.25, 0.3) is 17.2 Å². The van der Waals surface area contributed by atoms with Crippen molar-refractivity contribution in [1.29, 1.82) is 0 Å². The van der Waals surface area contributed by atoms with Gasteiger partial charge in [-0.1, -0.05) is 43.4 Å². The first-order valence-corrected chi connectivity index (χ1v) is 21.4.